The highest BCUT2D eigenvalue weighted by atomic mass is 16.2. The zero-order valence-electron chi connectivity index (χ0n) is 25.3. The van der Waals surface area contributed by atoms with E-state index in [9.17, 15) is 14.4 Å². The van der Waals surface area contributed by atoms with Crippen molar-refractivity contribution >= 4 is 28.5 Å². The molecule has 0 aliphatic carbocycles. The first-order chi connectivity index (χ1) is 20.0. The molecular formula is C35H44N4O3. The number of likely N-dealkylation sites (tertiary alicyclic amines) is 1. The Labute approximate surface area is 249 Å². The van der Waals surface area contributed by atoms with Crippen LogP contribution in [0.1, 0.15) is 44.2 Å². The standard InChI is InChI=1S/C35H44N4O3/c1-34(2,36)18-10-15-31(40)38(4)30(24-27-16-17-28-13-8-9-14-29(28)23-27)32(41)39-21-19-35(20-22-39,33(42)37-3)25-26-11-6-5-7-12-26/h5-17,23,30H,18-22,24-25,36H2,1-4H3,(H,37,42)/t30-/m1/s1. The number of hydrogen-bond donors (Lipinski definition) is 2. The van der Waals surface area contributed by atoms with Crippen molar-refractivity contribution in [3.05, 3.63) is 96.1 Å². The van der Waals surface area contributed by atoms with Crippen LogP contribution in [0.25, 0.3) is 10.8 Å². The first kappa shape index (κ1) is 31.0. The molecule has 42 heavy (non-hydrogen) atoms. The van der Waals surface area contributed by atoms with Crippen LogP contribution < -0.4 is 11.1 Å². The van der Waals surface area contributed by atoms with E-state index in [0.29, 0.717) is 45.2 Å². The summed E-state index contributed by atoms with van der Waals surface area (Å²) in [5, 5.41) is 5.08. The molecule has 0 spiro atoms. The van der Waals surface area contributed by atoms with Crippen molar-refractivity contribution in [1.29, 1.82) is 0 Å². The minimum absolute atomic E-state index is 0.00595. The number of hydrogen-bond acceptors (Lipinski definition) is 4. The van der Waals surface area contributed by atoms with Crippen LogP contribution in [-0.2, 0) is 27.2 Å². The average Bonchev–Trinajstić information content (AvgIpc) is 2.98. The first-order valence-corrected chi connectivity index (χ1v) is 14.8. The van der Waals surface area contributed by atoms with Gasteiger partial charge in [0.25, 0.3) is 0 Å². The summed E-state index contributed by atoms with van der Waals surface area (Å²) >= 11 is 0. The average molecular weight is 569 g/mol. The van der Waals surface area contributed by atoms with Gasteiger partial charge in [0.1, 0.15) is 6.04 Å². The molecule has 3 N–H and O–H groups in total. The topological polar surface area (TPSA) is 95.7 Å². The molecule has 1 fully saturated rings. The van der Waals surface area contributed by atoms with E-state index in [-0.39, 0.29) is 17.7 Å². The predicted molar refractivity (Wildman–Crippen MR) is 169 cm³/mol. The Bertz CT molecular complexity index is 1420. The Balaban J connectivity index is 1.56. The van der Waals surface area contributed by atoms with Gasteiger partial charge in [0.2, 0.25) is 17.7 Å². The third kappa shape index (κ3) is 7.65. The molecule has 3 amide bonds. The Morgan fingerprint density at radius 1 is 0.976 bits per heavy atom. The molecule has 1 heterocycles. The van der Waals surface area contributed by atoms with E-state index in [2.05, 4.69) is 29.6 Å². The van der Waals surface area contributed by atoms with Crippen LogP contribution in [0.5, 0.6) is 0 Å². The Morgan fingerprint density at radius 3 is 2.26 bits per heavy atom. The van der Waals surface area contributed by atoms with E-state index in [1.54, 1.807) is 25.1 Å². The number of piperidine rings is 1. The fourth-order valence-corrected chi connectivity index (χ4v) is 5.82. The summed E-state index contributed by atoms with van der Waals surface area (Å²) in [7, 11) is 3.37. The number of rotatable bonds is 10. The van der Waals surface area contributed by atoms with E-state index >= 15 is 0 Å². The molecule has 3 aromatic rings. The second kappa shape index (κ2) is 13.3. The van der Waals surface area contributed by atoms with Crippen molar-refractivity contribution in [2.75, 3.05) is 27.2 Å². The van der Waals surface area contributed by atoms with E-state index < -0.39 is 17.0 Å². The van der Waals surface area contributed by atoms with Crippen LogP contribution in [0.4, 0.5) is 0 Å². The molecular weight excluding hydrogens is 524 g/mol. The predicted octanol–water partition coefficient (Wildman–Crippen LogP) is 4.49. The minimum Gasteiger partial charge on any atom is -0.359 e. The number of fused-ring (bicyclic) bond motifs is 1. The monoisotopic (exact) mass is 568 g/mol. The van der Waals surface area contributed by atoms with E-state index in [1.807, 2.05) is 67.3 Å². The van der Waals surface area contributed by atoms with Gasteiger partial charge in [-0.05, 0) is 67.5 Å². The molecule has 1 saturated heterocycles. The first-order valence-electron chi connectivity index (χ1n) is 14.8. The van der Waals surface area contributed by atoms with Crippen molar-refractivity contribution in [1.82, 2.24) is 15.1 Å². The van der Waals surface area contributed by atoms with E-state index in [0.717, 1.165) is 21.9 Å². The maximum absolute atomic E-state index is 14.1. The van der Waals surface area contributed by atoms with Gasteiger partial charge in [-0.15, -0.1) is 0 Å². The fraction of sp³-hybridized carbons (Fsp3) is 0.400. The molecule has 0 saturated carbocycles. The summed E-state index contributed by atoms with van der Waals surface area (Å²) in [5.74, 6) is -0.331. The van der Waals surface area contributed by atoms with Crippen LogP contribution in [0.2, 0.25) is 0 Å². The highest BCUT2D eigenvalue weighted by Gasteiger charge is 2.43. The third-order valence-corrected chi connectivity index (χ3v) is 8.37. The van der Waals surface area contributed by atoms with Crippen LogP contribution in [0.3, 0.4) is 0 Å². The Hall–Kier alpha value is -3.97. The van der Waals surface area contributed by atoms with Crippen molar-refractivity contribution < 1.29 is 14.4 Å². The maximum atomic E-state index is 14.1. The number of carbonyl (C=O) groups excluding carboxylic acids is 3. The van der Waals surface area contributed by atoms with E-state index in [4.69, 9.17) is 5.73 Å². The Kier molecular flexibility index (Phi) is 9.84. The lowest BCUT2D eigenvalue weighted by Crippen LogP contribution is -2.55. The molecule has 7 nitrogen and oxygen atoms in total. The van der Waals surface area contributed by atoms with Gasteiger partial charge in [0.05, 0.1) is 5.41 Å². The van der Waals surface area contributed by atoms with Gasteiger partial charge in [-0.3, -0.25) is 14.4 Å². The molecule has 4 rings (SSSR count). The number of benzene rings is 3. The largest absolute Gasteiger partial charge is 0.359 e. The molecule has 0 bridgehead atoms. The molecule has 1 aliphatic heterocycles. The SMILES string of the molecule is CNC(=O)C1(Cc2ccccc2)CCN(C(=O)[C@@H](Cc2ccc3ccccc3c2)N(C)C(=O)C=CCC(C)(C)N)CC1. The number of nitrogens with two attached hydrogens (primary N) is 1. The number of nitrogens with one attached hydrogen (secondary N) is 1. The fourth-order valence-electron chi connectivity index (χ4n) is 5.82. The molecule has 0 aromatic heterocycles. The molecule has 0 radical (unpaired) electrons. The summed E-state index contributed by atoms with van der Waals surface area (Å²) in [6.45, 7) is 4.72. The second-order valence-electron chi connectivity index (χ2n) is 12.3. The van der Waals surface area contributed by atoms with Gasteiger partial charge in [-0.25, -0.2) is 0 Å². The van der Waals surface area contributed by atoms with Crippen LogP contribution in [-0.4, -0.2) is 66.3 Å². The quantitative estimate of drug-likeness (QED) is 0.352. The normalized spacial score (nSPS) is 15.9. The number of likely N-dealkylation sites (N-methyl/N-ethyl adjacent to an activating group) is 1. The summed E-state index contributed by atoms with van der Waals surface area (Å²) in [6.07, 6.45) is 5.96. The molecule has 0 unspecified atom stereocenters. The highest BCUT2D eigenvalue weighted by Crippen LogP contribution is 2.36. The van der Waals surface area contributed by atoms with Gasteiger partial charge in [-0.1, -0.05) is 78.9 Å². The lowest BCUT2D eigenvalue weighted by Gasteiger charge is -2.42. The smallest absolute Gasteiger partial charge is 0.246 e. The van der Waals surface area contributed by atoms with Crippen molar-refractivity contribution in [3.63, 3.8) is 0 Å². The second-order valence-corrected chi connectivity index (χ2v) is 12.3. The zero-order valence-corrected chi connectivity index (χ0v) is 25.3. The van der Waals surface area contributed by atoms with E-state index in [1.165, 1.54) is 6.08 Å². The summed E-state index contributed by atoms with van der Waals surface area (Å²) in [5.41, 5.74) is 7.16. The Morgan fingerprint density at radius 2 is 1.62 bits per heavy atom. The third-order valence-electron chi connectivity index (χ3n) is 8.37. The van der Waals surface area contributed by atoms with Gasteiger partial charge in [0, 0.05) is 39.1 Å². The summed E-state index contributed by atoms with van der Waals surface area (Å²) in [4.78, 5) is 43.9. The van der Waals surface area contributed by atoms with Crippen molar-refractivity contribution in [3.8, 4) is 0 Å². The zero-order chi connectivity index (χ0) is 30.3. The molecule has 3 aromatic carbocycles. The van der Waals surface area contributed by atoms with Gasteiger partial charge < -0.3 is 20.9 Å². The van der Waals surface area contributed by atoms with Crippen molar-refractivity contribution in [2.24, 2.45) is 11.1 Å². The van der Waals surface area contributed by atoms with Crippen LogP contribution in [0, 0.1) is 5.41 Å². The highest BCUT2D eigenvalue weighted by molar-refractivity contribution is 5.93. The van der Waals surface area contributed by atoms with Gasteiger partial charge in [-0.2, -0.15) is 0 Å². The lowest BCUT2D eigenvalue weighted by molar-refractivity contribution is -0.146. The molecule has 7 heteroatoms. The number of amides is 3. The lowest BCUT2D eigenvalue weighted by atomic mass is 9.73. The van der Waals surface area contributed by atoms with Crippen LogP contribution >= 0.6 is 0 Å². The number of nitrogens with zero attached hydrogens (tertiary/aromatic N) is 2. The molecule has 1 atom stereocenters. The molecule has 1 aliphatic rings. The number of carbonyl (C=O) groups is 3. The van der Waals surface area contributed by atoms with Gasteiger partial charge >= 0.3 is 0 Å². The minimum atomic E-state index is -0.684. The summed E-state index contributed by atoms with van der Waals surface area (Å²) < 4.78 is 0. The molecule has 222 valence electrons. The summed E-state index contributed by atoms with van der Waals surface area (Å²) in [6, 6.07) is 23.6. The maximum Gasteiger partial charge on any atom is 0.246 e. The van der Waals surface area contributed by atoms with Crippen molar-refractivity contribution in [2.45, 2.75) is 57.5 Å². The van der Waals surface area contributed by atoms with Crippen LogP contribution in [0.15, 0.2) is 84.9 Å². The van der Waals surface area contributed by atoms with Gasteiger partial charge in [0.15, 0.2) is 0 Å².